The Bertz CT molecular complexity index is 972. The molecule has 0 aliphatic heterocycles. The van der Waals surface area contributed by atoms with Crippen LogP contribution in [0.1, 0.15) is 47.2 Å². The highest BCUT2D eigenvalue weighted by molar-refractivity contribution is 5.90. The van der Waals surface area contributed by atoms with Crippen LogP contribution in [0.15, 0.2) is 61.2 Å². The molecule has 0 unspecified atom stereocenters. The van der Waals surface area contributed by atoms with E-state index in [-0.39, 0.29) is 24.8 Å². The molecule has 7 nitrogen and oxygen atoms in total. The zero-order valence-electron chi connectivity index (χ0n) is 18.6. The van der Waals surface area contributed by atoms with Crippen LogP contribution in [0.4, 0.5) is 11.4 Å². The van der Waals surface area contributed by atoms with Gasteiger partial charge in [0.15, 0.2) is 0 Å². The Labute approximate surface area is 194 Å². The zero-order valence-corrected chi connectivity index (χ0v) is 18.6. The van der Waals surface area contributed by atoms with Crippen LogP contribution >= 0.6 is 0 Å². The van der Waals surface area contributed by atoms with E-state index in [4.69, 9.17) is 25.7 Å². The maximum absolute atomic E-state index is 12.4. The second-order valence-electron chi connectivity index (χ2n) is 8.00. The van der Waals surface area contributed by atoms with Crippen molar-refractivity contribution in [3.05, 3.63) is 77.9 Å². The molecule has 3 rings (SSSR count). The van der Waals surface area contributed by atoms with Crippen LogP contribution in [-0.4, -0.2) is 30.8 Å². The van der Waals surface area contributed by atoms with Crippen molar-refractivity contribution in [2.24, 2.45) is 0 Å². The molecular weight excluding hydrogens is 420 g/mol. The first-order valence-corrected chi connectivity index (χ1v) is 11.0. The molecule has 2 aromatic rings. The molecule has 174 valence electrons. The third-order valence-corrected chi connectivity index (χ3v) is 5.32. The molecule has 7 heteroatoms. The molecule has 0 bridgehead atoms. The van der Waals surface area contributed by atoms with Crippen molar-refractivity contribution in [2.75, 3.05) is 18.1 Å². The van der Waals surface area contributed by atoms with Crippen LogP contribution in [-0.2, 0) is 25.6 Å². The van der Waals surface area contributed by atoms with Crippen molar-refractivity contribution < 1.29 is 23.8 Å². The Morgan fingerprint density at radius 1 is 0.970 bits per heavy atom. The molecule has 2 aromatic carbocycles. The lowest BCUT2D eigenvalue weighted by atomic mass is 9.95. The van der Waals surface area contributed by atoms with Crippen LogP contribution in [0.2, 0.25) is 0 Å². The molecule has 1 fully saturated rings. The van der Waals surface area contributed by atoms with Crippen LogP contribution in [0, 0.1) is 0 Å². The minimum absolute atomic E-state index is 0.0749. The Balaban J connectivity index is 1.44. The SMILES string of the molecule is C=CCOC1CCC(OC(=O)c2ccc(/C=C/C(=O)OCc3cc(N)cc(N)c3)cc2)CC1. The lowest BCUT2D eigenvalue weighted by Gasteiger charge is -2.28. The summed E-state index contributed by atoms with van der Waals surface area (Å²) < 4.78 is 16.5. The largest absolute Gasteiger partial charge is 0.459 e. The van der Waals surface area contributed by atoms with Crippen molar-refractivity contribution in [2.45, 2.75) is 44.5 Å². The summed E-state index contributed by atoms with van der Waals surface area (Å²) in [6.07, 6.45) is 8.13. The average molecular weight is 451 g/mol. The van der Waals surface area contributed by atoms with Crippen molar-refractivity contribution in [1.29, 1.82) is 0 Å². The smallest absolute Gasteiger partial charge is 0.338 e. The number of rotatable bonds is 9. The molecule has 1 aliphatic rings. The number of hydrogen-bond donors (Lipinski definition) is 2. The van der Waals surface area contributed by atoms with Crippen molar-refractivity contribution in [1.82, 2.24) is 0 Å². The predicted octanol–water partition coefficient (Wildman–Crippen LogP) is 4.28. The minimum Gasteiger partial charge on any atom is -0.459 e. The summed E-state index contributed by atoms with van der Waals surface area (Å²) in [4.78, 5) is 24.4. The van der Waals surface area contributed by atoms with Crippen molar-refractivity contribution in [3.63, 3.8) is 0 Å². The number of nitrogens with two attached hydrogens (primary N) is 2. The number of carbonyl (C=O) groups is 2. The van der Waals surface area contributed by atoms with E-state index >= 15 is 0 Å². The van der Waals surface area contributed by atoms with Crippen LogP contribution in [0.25, 0.3) is 6.08 Å². The van der Waals surface area contributed by atoms with Gasteiger partial charge in [-0.15, -0.1) is 6.58 Å². The Kier molecular flexibility index (Phi) is 8.66. The lowest BCUT2D eigenvalue weighted by Crippen LogP contribution is -2.28. The Morgan fingerprint density at radius 3 is 2.24 bits per heavy atom. The summed E-state index contributed by atoms with van der Waals surface area (Å²) in [7, 11) is 0. The Hall–Kier alpha value is -3.58. The molecular formula is C26H30N2O5. The van der Waals surface area contributed by atoms with Crippen LogP contribution in [0.5, 0.6) is 0 Å². The molecule has 0 atom stereocenters. The van der Waals surface area contributed by atoms with Gasteiger partial charge in [-0.05, 0) is 73.2 Å². The number of esters is 2. The van der Waals surface area contributed by atoms with Gasteiger partial charge in [0.05, 0.1) is 18.3 Å². The number of carbonyl (C=O) groups excluding carboxylic acids is 2. The van der Waals surface area contributed by atoms with Gasteiger partial charge in [-0.1, -0.05) is 18.2 Å². The standard InChI is InChI=1S/C26H30N2O5/c1-2-13-31-23-8-10-24(11-9-23)33-26(30)20-6-3-18(4-7-20)5-12-25(29)32-17-19-14-21(27)16-22(28)15-19/h2-7,12,14-16,23-24H,1,8-11,13,17,27-28H2/b12-5+. The van der Waals surface area contributed by atoms with Gasteiger partial charge in [-0.25, -0.2) is 9.59 Å². The Morgan fingerprint density at radius 2 is 1.61 bits per heavy atom. The van der Waals surface area contributed by atoms with E-state index in [0.29, 0.717) is 23.5 Å². The van der Waals surface area contributed by atoms with Gasteiger partial charge in [0.25, 0.3) is 0 Å². The van der Waals surface area contributed by atoms with Crippen molar-refractivity contribution in [3.8, 4) is 0 Å². The highest BCUT2D eigenvalue weighted by Gasteiger charge is 2.24. The van der Waals surface area contributed by atoms with Gasteiger partial charge in [0.2, 0.25) is 0 Å². The molecule has 0 amide bonds. The highest BCUT2D eigenvalue weighted by atomic mass is 16.5. The van der Waals surface area contributed by atoms with E-state index in [1.54, 1.807) is 54.6 Å². The van der Waals surface area contributed by atoms with Gasteiger partial charge in [0.1, 0.15) is 12.7 Å². The molecule has 4 N–H and O–H groups in total. The first kappa shape index (κ1) is 24.1. The lowest BCUT2D eigenvalue weighted by molar-refractivity contribution is -0.138. The number of nitrogen functional groups attached to an aromatic ring is 2. The minimum atomic E-state index is -0.493. The summed E-state index contributed by atoms with van der Waals surface area (Å²) in [6, 6.07) is 11.9. The zero-order chi connectivity index (χ0) is 23.6. The van der Waals surface area contributed by atoms with E-state index < -0.39 is 5.97 Å². The molecule has 0 saturated heterocycles. The summed E-state index contributed by atoms with van der Waals surface area (Å²) >= 11 is 0. The van der Waals surface area contributed by atoms with E-state index in [9.17, 15) is 9.59 Å². The molecule has 1 saturated carbocycles. The number of hydrogen-bond acceptors (Lipinski definition) is 7. The van der Waals surface area contributed by atoms with E-state index in [0.717, 1.165) is 36.8 Å². The molecule has 0 heterocycles. The van der Waals surface area contributed by atoms with Crippen molar-refractivity contribution >= 4 is 29.4 Å². The molecule has 0 radical (unpaired) electrons. The monoisotopic (exact) mass is 450 g/mol. The fourth-order valence-electron chi connectivity index (χ4n) is 3.67. The summed E-state index contributed by atoms with van der Waals surface area (Å²) in [5, 5.41) is 0. The fourth-order valence-corrected chi connectivity index (χ4v) is 3.67. The molecule has 33 heavy (non-hydrogen) atoms. The maximum Gasteiger partial charge on any atom is 0.338 e. The molecule has 1 aliphatic carbocycles. The normalized spacial score (nSPS) is 18.1. The third kappa shape index (κ3) is 7.80. The van der Waals surface area contributed by atoms with E-state index in [2.05, 4.69) is 6.58 Å². The van der Waals surface area contributed by atoms with Gasteiger partial charge in [-0.3, -0.25) is 0 Å². The highest BCUT2D eigenvalue weighted by Crippen LogP contribution is 2.24. The quantitative estimate of drug-likeness (QED) is 0.254. The number of ether oxygens (including phenoxy) is 3. The van der Waals surface area contributed by atoms with E-state index in [1.165, 1.54) is 6.08 Å². The second-order valence-corrected chi connectivity index (χ2v) is 8.00. The fraction of sp³-hybridized carbons (Fsp3) is 0.308. The third-order valence-electron chi connectivity index (χ3n) is 5.32. The number of benzene rings is 2. The molecule has 0 spiro atoms. The summed E-state index contributed by atoms with van der Waals surface area (Å²) in [5.74, 6) is -0.839. The maximum atomic E-state index is 12.4. The van der Waals surface area contributed by atoms with Gasteiger partial charge < -0.3 is 25.7 Å². The van der Waals surface area contributed by atoms with E-state index in [1.807, 2.05) is 0 Å². The topological polar surface area (TPSA) is 114 Å². The first-order valence-electron chi connectivity index (χ1n) is 11.0. The summed E-state index contributed by atoms with van der Waals surface area (Å²) in [6.45, 7) is 4.28. The second kappa shape index (κ2) is 11.9. The number of anilines is 2. The van der Waals surface area contributed by atoms with Gasteiger partial charge in [-0.2, -0.15) is 0 Å². The summed E-state index contributed by atoms with van der Waals surface area (Å²) in [5.41, 5.74) is 14.4. The molecule has 0 aromatic heterocycles. The van der Waals surface area contributed by atoms with Crippen LogP contribution < -0.4 is 11.5 Å². The predicted molar refractivity (Wildman–Crippen MR) is 128 cm³/mol. The van der Waals surface area contributed by atoms with Gasteiger partial charge in [0, 0.05) is 17.5 Å². The van der Waals surface area contributed by atoms with Gasteiger partial charge >= 0.3 is 11.9 Å². The average Bonchev–Trinajstić information content (AvgIpc) is 2.80. The van der Waals surface area contributed by atoms with Crippen LogP contribution in [0.3, 0.4) is 0 Å². The first-order chi connectivity index (χ1) is 15.9.